The van der Waals surface area contributed by atoms with Crippen LogP contribution in [0.25, 0.3) is 0 Å². The monoisotopic (exact) mass is 322 g/mol. The minimum atomic E-state index is 0.0228. The predicted octanol–water partition coefficient (Wildman–Crippen LogP) is 5.18. The van der Waals surface area contributed by atoms with E-state index in [-0.39, 0.29) is 5.91 Å². The molecular weight excluding hydrogens is 296 g/mol. The average molecular weight is 322 g/mol. The van der Waals surface area contributed by atoms with Crippen molar-refractivity contribution in [3.05, 3.63) is 65.2 Å². The molecule has 3 heteroatoms. The van der Waals surface area contributed by atoms with Gasteiger partial charge in [-0.2, -0.15) is 0 Å². The molecule has 0 saturated heterocycles. The number of nitrogens with one attached hydrogen (secondary N) is 2. The molecule has 0 aliphatic rings. The molecule has 2 N–H and O–H groups in total. The van der Waals surface area contributed by atoms with Crippen molar-refractivity contribution in [2.75, 3.05) is 5.32 Å². The summed E-state index contributed by atoms with van der Waals surface area (Å²) >= 11 is 0. The average Bonchev–Trinajstić information content (AvgIpc) is 2.61. The lowest BCUT2D eigenvalue weighted by molar-refractivity contribution is -0.117. The maximum absolute atomic E-state index is 12.4. The Morgan fingerprint density at radius 2 is 1.75 bits per heavy atom. The quantitative estimate of drug-likeness (QED) is 0.678. The maximum atomic E-state index is 12.4. The van der Waals surface area contributed by atoms with Crippen molar-refractivity contribution in [1.29, 1.82) is 5.41 Å². The molecule has 24 heavy (non-hydrogen) atoms. The first kappa shape index (κ1) is 17.9. The number of amides is 1. The first-order valence-electron chi connectivity index (χ1n) is 8.60. The Balaban J connectivity index is 2.25. The van der Waals surface area contributed by atoms with E-state index in [4.69, 9.17) is 5.41 Å². The minimum absolute atomic E-state index is 0.0228. The van der Waals surface area contributed by atoms with Crippen LogP contribution in [-0.2, 0) is 4.79 Å². The molecule has 0 aliphatic carbocycles. The topological polar surface area (TPSA) is 53.0 Å². The molecule has 0 radical (unpaired) electrons. The normalized spacial score (nSPS) is 10.7. The predicted molar refractivity (Wildman–Crippen MR) is 101 cm³/mol. The number of aryl methyl sites for hydroxylation is 1. The summed E-state index contributed by atoms with van der Waals surface area (Å²) in [6, 6.07) is 15.4. The van der Waals surface area contributed by atoms with E-state index in [2.05, 4.69) is 19.2 Å². The zero-order chi connectivity index (χ0) is 17.5. The fourth-order valence-electron chi connectivity index (χ4n) is 2.78. The van der Waals surface area contributed by atoms with Crippen LogP contribution in [0.4, 0.5) is 5.69 Å². The third-order valence-electron chi connectivity index (χ3n) is 4.41. The molecule has 0 bridgehead atoms. The van der Waals surface area contributed by atoms with Crippen LogP contribution in [-0.4, -0.2) is 11.6 Å². The third-order valence-corrected chi connectivity index (χ3v) is 4.41. The molecule has 0 atom stereocenters. The Labute approximate surface area is 144 Å². The second-order valence-corrected chi connectivity index (χ2v) is 6.22. The van der Waals surface area contributed by atoms with Gasteiger partial charge < -0.3 is 5.32 Å². The maximum Gasteiger partial charge on any atom is 0.224 e. The van der Waals surface area contributed by atoms with Gasteiger partial charge in [0.25, 0.3) is 0 Å². The lowest BCUT2D eigenvalue weighted by Crippen LogP contribution is -2.18. The number of carbonyl (C=O) groups excluding carboxylic acids is 1. The zero-order valence-electron chi connectivity index (χ0n) is 14.7. The SMILES string of the molecule is CCC(CC)CC(=O)Nc1ccc(C)cc1C(=N)c1ccccc1. The van der Waals surface area contributed by atoms with Gasteiger partial charge in [0.15, 0.2) is 0 Å². The van der Waals surface area contributed by atoms with Crippen LogP contribution in [0.15, 0.2) is 48.5 Å². The van der Waals surface area contributed by atoms with E-state index in [0.717, 1.165) is 29.5 Å². The Morgan fingerprint density at radius 3 is 2.38 bits per heavy atom. The number of rotatable bonds is 7. The highest BCUT2D eigenvalue weighted by Crippen LogP contribution is 2.22. The lowest BCUT2D eigenvalue weighted by Gasteiger charge is -2.16. The van der Waals surface area contributed by atoms with E-state index in [1.165, 1.54) is 0 Å². The standard InChI is InChI=1S/C21H26N2O/c1-4-16(5-2)14-20(24)23-19-12-11-15(3)13-18(19)21(22)17-9-7-6-8-10-17/h6-13,16,22H,4-5,14H2,1-3H3,(H,23,24). The fourth-order valence-corrected chi connectivity index (χ4v) is 2.78. The number of carbonyl (C=O) groups is 1. The fraction of sp³-hybridized carbons (Fsp3) is 0.333. The highest BCUT2D eigenvalue weighted by atomic mass is 16.1. The van der Waals surface area contributed by atoms with Crippen molar-refractivity contribution >= 4 is 17.3 Å². The van der Waals surface area contributed by atoms with E-state index in [9.17, 15) is 4.79 Å². The molecule has 0 heterocycles. The Hall–Kier alpha value is -2.42. The summed E-state index contributed by atoms with van der Waals surface area (Å²) in [5, 5.41) is 11.5. The number of hydrogen-bond acceptors (Lipinski definition) is 2. The lowest BCUT2D eigenvalue weighted by atomic mass is 9.97. The summed E-state index contributed by atoms with van der Waals surface area (Å²) in [5.41, 5.74) is 3.82. The molecule has 2 rings (SSSR count). The van der Waals surface area contributed by atoms with Crippen molar-refractivity contribution in [3.8, 4) is 0 Å². The summed E-state index contributed by atoms with van der Waals surface area (Å²) in [6.07, 6.45) is 2.54. The molecule has 0 spiro atoms. The highest BCUT2D eigenvalue weighted by molar-refractivity contribution is 6.15. The van der Waals surface area contributed by atoms with Gasteiger partial charge in [0.05, 0.1) is 11.4 Å². The van der Waals surface area contributed by atoms with Gasteiger partial charge in [-0.1, -0.05) is 68.7 Å². The molecule has 0 saturated carbocycles. The van der Waals surface area contributed by atoms with Crippen molar-refractivity contribution in [3.63, 3.8) is 0 Å². The van der Waals surface area contributed by atoms with Crippen LogP contribution < -0.4 is 5.32 Å². The molecule has 0 fully saturated rings. The molecule has 2 aromatic rings. The largest absolute Gasteiger partial charge is 0.325 e. The van der Waals surface area contributed by atoms with Crippen LogP contribution in [0.1, 0.15) is 49.8 Å². The van der Waals surface area contributed by atoms with Crippen molar-refractivity contribution < 1.29 is 4.79 Å². The molecule has 3 nitrogen and oxygen atoms in total. The molecule has 0 aromatic heterocycles. The van der Waals surface area contributed by atoms with Gasteiger partial charge in [0, 0.05) is 17.5 Å². The van der Waals surface area contributed by atoms with Crippen LogP contribution >= 0.6 is 0 Å². The summed E-state index contributed by atoms with van der Waals surface area (Å²) in [7, 11) is 0. The summed E-state index contributed by atoms with van der Waals surface area (Å²) in [5.74, 6) is 0.433. The highest BCUT2D eigenvalue weighted by Gasteiger charge is 2.15. The number of benzene rings is 2. The van der Waals surface area contributed by atoms with Crippen molar-refractivity contribution in [2.24, 2.45) is 5.92 Å². The third kappa shape index (κ3) is 4.54. The molecule has 1 amide bonds. The van der Waals surface area contributed by atoms with E-state index >= 15 is 0 Å². The number of hydrogen-bond donors (Lipinski definition) is 2. The van der Waals surface area contributed by atoms with Crippen molar-refractivity contribution in [1.82, 2.24) is 0 Å². The first-order valence-corrected chi connectivity index (χ1v) is 8.60. The van der Waals surface area contributed by atoms with Crippen LogP contribution in [0, 0.1) is 18.3 Å². The Bertz CT molecular complexity index is 703. The van der Waals surface area contributed by atoms with E-state index in [1.807, 2.05) is 55.5 Å². The van der Waals surface area contributed by atoms with E-state index in [1.54, 1.807) is 0 Å². The van der Waals surface area contributed by atoms with Crippen molar-refractivity contribution in [2.45, 2.75) is 40.0 Å². The summed E-state index contributed by atoms with van der Waals surface area (Å²) in [4.78, 5) is 12.4. The van der Waals surface area contributed by atoms with Gasteiger partial charge in [-0.05, 0) is 25.0 Å². The van der Waals surface area contributed by atoms with Crippen LogP contribution in [0.5, 0.6) is 0 Å². The van der Waals surface area contributed by atoms with Gasteiger partial charge in [0.2, 0.25) is 5.91 Å². The van der Waals surface area contributed by atoms with E-state index < -0.39 is 0 Å². The zero-order valence-corrected chi connectivity index (χ0v) is 14.7. The second-order valence-electron chi connectivity index (χ2n) is 6.22. The first-order chi connectivity index (χ1) is 11.5. The molecule has 0 unspecified atom stereocenters. The number of anilines is 1. The van der Waals surface area contributed by atoms with Crippen LogP contribution in [0.3, 0.4) is 0 Å². The van der Waals surface area contributed by atoms with E-state index in [0.29, 0.717) is 23.7 Å². The van der Waals surface area contributed by atoms with Gasteiger partial charge in [0.1, 0.15) is 0 Å². The Morgan fingerprint density at radius 1 is 1.08 bits per heavy atom. The molecule has 126 valence electrons. The summed E-state index contributed by atoms with van der Waals surface area (Å²) < 4.78 is 0. The van der Waals surface area contributed by atoms with Crippen LogP contribution in [0.2, 0.25) is 0 Å². The van der Waals surface area contributed by atoms with Gasteiger partial charge in [-0.25, -0.2) is 0 Å². The minimum Gasteiger partial charge on any atom is -0.325 e. The Kier molecular flexibility index (Phi) is 6.30. The smallest absolute Gasteiger partial charge is 0.224 e. The summed E-state index contributed by atoms with van der Waals surface area (Å²) in [6.45, 7) is 6.23. The molecule has 0 aliphatic heterocycles. The molecule has 2 aromatic carbocycles. The molecular formula is C21H26N2O. The second kappa shape index (κ2) is 8.44. The van der Waals surface area contributed by atoms with Gasteiger partial charge in [-0.15, -0.1) is 0 Å². The van der Waals surface area contributed by atoms with Gasteiger partial charge >= 0.3 is 0 Å². The van der Waals surface area contributed by atoms with Gasteiger partial charge in [-0.3, -0.25) is 10.2 Å².